The first-order valence-electron chi connectivity index (χ1n) is 7.41. The Hall–Kier alpha value is -2.58. The third-order valence-electron chi connectivity index (χ3n) is 4.17. The zero-order valence-corrected chi connectivity index (χ0v) is 12.7. The Morgan fingerprint density at radius 2 is 2.09 bits per heavy atom. The van der Waals surface area contributed by atoms with Crippen molar-refractivity contribution in [1.29, 1.82) is 5.26 Å². The van der Waals surface area contributed by atoms with Gasteiger partial charge in [0.05, 0.1) is 24.9 Å². The van der Waals surface area contributed by atoms with Crippen molar-refractivity contribution in [2.45, 2.75) is 18.6 Å². The fourth-order valence-electron chi connectivity index (χ4n) is 3.11. The van der Waals surface area contributed by atoms with Gasteiger partial charge in [-0.1, -0.05) is 18.2 Å². The van der Waals surface area contributed by atoms with Crippen molar-refractivity contribution in [1.82, 2.24) is 0 Å². The van der Waals surface area contributed by atoms with Gasteiger partial charge in [-0.05, 0) is 36.2 Å². The lowest BCUT2D eigenvalue weighted by molar-refractivity contribution is 0.194. The maximum atomic E-state index is 13.9. The summed E-state index contributed by atoms with van der Waals surface area (Å²) in [5, 5.41) is 19.4. The zero-order valence-electron chi connectivity index (χ0n) is 12.7. The minimum absolute atomic E-state index is 0.00879. The van der Waals surface area contributed by atoms with E-state index in [4.69, 9.17) is 4.74 Å². The number of β-amino-alcohol motifs (C(OH)–C–C–N with tert-alkyl or cyclic N) is 1. The average molecular weight is 312 g/mol. The van der Waals surface area contributed by atoms with Crippen LogP contribution in [0.3, 0.4) is 0 Å². The Labute approximate surface area is 134 Å². The smallest absolute Gasteiger partial charge is 0.143 e. The Morgan fingerprint density at radius 3 is 2.83 bits per heavy atom. The molecule has 1 N–H and O–H groups in total. The number of aliphatic hydroxyl groups is 1. The fourth-order valence-corrected chi connectivity index (χ4v) is 3.11. The SMILES string of the molecule is COc1cccc(C2CC(O)CN2c2cccc(F)c2C#N)c1. The summed E-state index contributed by atoms with van der Waals surface area (Å²) in [7, 11) is 1.60. The molecular weight excluding hydrogens is 295 g/mol. The maximum Gasteiger partial charge on any atom is 0.143 e. The summed E-state index contributed by atoms with van der Waals surface area (Å²) in [4.78, 5) is 1.89. The van der Waals surface area contributed by atoms with Crippen LogP contribution in [0.2, 0.25) is 0 Å². The molecule has 2 aromatic rings. The molecule has 0 saturated carbocycles. The van der Waals surface area contributed by atoms with E-state index in [0.717, 1.165) is 11.3 Å². The predicted octanol–water partition coefficient (Wildman–Crippen LogP) is 3.02. The van der Waals surface area contributed by atoms with E-state index in [1.54, 1.807) is 19.2 Å². The lowest BCUT2D eigenvalue weighted by atomic mass is 10.0. The molecule has 2 aromatic carbocycles. The minimum Gasteiger partial charge on any atom is -0.497 e. The number of methoxy groups -OCH3 is 1. The molecule has 0 bridgehead atoms. The van der Waals surface area contributed by atoms with E-state index in [1.165, 1.54) is 6.07 Å². The van der Waals surface area contributed by atoms with Crippen molar-refractivity contribution in [2.24, 2.45) is 0 Å². The first kappa shape index (κ1) is 15.3. The van der Waals surface area contributed by atoms with Gasteiger partial charge in [0.1, 0.15) is 23.2 Å². The van der Waals surface area contributed by atoms with E-state index in [0.29, 0.717) is 18.7 Å². The highest BCUT2D eigenvalue weighted by atomic mass is 19.1. The van der Waals surface area contributed by atoms with Crippen LogP contribution in [0.4, 0.5) is 10.1 Å². The lowest BCUT2D eigenvalue weighted by Crippen LogP contribution is -2.25. The third-order valence-corrected chi connectivity index (χ3v) is 4.17. The zero-order chi connectivity index (χ0) is 16.4. The van der Waals surface area contributed by atoms with E-state index in [9.17, 15) is 14.8 Å². The standard InChI is InChI=1S/C18H17FN2O2/c1-23-14-5-2-4-12(8-14)18-9-13(22)11-21(18)17-7-3-6-16(19)15(17)10-20/h2-8,13,18,22H,9,11H2,1H3. The summed E-state index contributed by atoms with van der Waals surface area (Å²) in [6.07, 6.45) is -0.00447. The van der Waals surface area contributed by atoms with Crippen LogP contribution in [-0.2, 0) is 0 Å². The van der Waals surface area contributed by atoms with Crippen molar-refractivity contribution in [3.8, 4) is 11.8 Å². The van der Waals surface area contributed by atoms with Crippen molar-refractivity contribution in [3.05, 3.63) is 59.4 Å². The van der Waals surface area contributed by atoms with Crippen molar-refractivity contribution < 1.29 is 14.2 Å². The molecule has 1 heterocycles. The summed E-state index contributed by atoms with van der Waals surface area (Å²) in [6.45, 7) is 0.361. The van der Waals surface area contributed by atoms with Crippen molar-refractivity contribution >= 4 is 5.69 Å². The highest BCUT2D eigenvalue weighted by Crippen LogP contribution is 2.39. The number of hydrogen-bond acceptors (Lipinski definition) is 4. The predicted molar refractivity (Wildman–Crippen MR) is 84.8 cm³/mol. The Balaban J connectivity index is 2.04. The molecule has 4 nitrogen and oxygen atoms in total. The summed E-state index contributed by atoms with van der Waals surface area (Å²) in [5.41, 5.74) is 1.49. The number of hydrogen-bond donors (Lipinski definition) is 1. The molecule has 118 valence electrons. The largest absolute Gasteiger partial charge is 0.497 e. The van der Waals surface area contributed by atoms with Gasteiger partial charge in [0, 0.05) is 6.54 Å². The van der Waals surface area contributed by atoms with Crippen LogP contribution < -0.4 is 9.64 Å². The second-order valence-electron chi connectivity index (χ2n) is 5.58. The van der Waals surface area contributed by atoms with Gasteiger partial charge in [0.2, 0.25) is 0 Å². The molecule has 1 fully saturated rings. The second kappa shape index (κ2) is 6.27. The molecule has 0 amide bonds. The van der Waals surface area contributed by atoms with Gasteiger partial charge >= 0.3 is 0 Å². The third kappa shape index (κ3) is 2.86. The molecule has 2 atom stereocenters. The molecule has 1 aliphatic rings. The number of anilines is 1. The van der Waals surface area contributed by atoms with Crippen LogP contribution in [0.1, 0.15) is 23.6 Å². The monoisotopic (exact) mass is 312 g/mol. The number of nitriles is 1. The molecular formula is C18H17FN2O2. The van der Waals surface area contributed by atoms with Crippen LogP contribution in [0.5, 0.6) is 5.75 Å². The van der Waals surface area contributed by atoms with Gasteiger partial charge < -0.3 is 14.7 Å². The van der Waals surface area contributed by atoms with Crippen molar-refractivity contribution in [2.75, 3.05) is 18.6 Å². The van der Waals surface area contributed by atoms with Gasteiger partial charge in [-0.3, -0.25) is 0 Å². The Morgan fingerprint density at radius 1 is 1.30 bits per heavy atom. The van der Waals surface area contributed by atoms with Crippen LogP contribution in [-0.4, -0.2) is 24.9 Å². The number of halogens is 1. The van der Waals surface area contributed by atoms with Gasteiger partial charge in [0.25, 0.3) is 0 Å². The molecule has 1 saturated heterocycles. The van der Waals surface area contributed by atoms with E-state index < -0.39 is 11.9 Å². The summed E-state index contributed by atoms with van der Waals surface area (Å²) in [5.74, 6) is 0.180. The molecule has 0 aliphatic carbocycles. The van der Waals surface area contributed by atoms with Crippen LogP contribution in [0.25, 0.3) is 0 Å². The van der Waals surface area contributed by atoms with Crippen LogP contribution >= 0.6 is 0 Å². The number of rotatable bonds is 3. The molecule has 2 unspecified atom stereocenters. The highest BCUT2D eigenvalue weighted by Gasteiger charge is 2.34. The summed E-state index contributed by atoms with van der Waals surface area (Å²) in [6, 6.07) is 14.0. The van der Waals surface area contributed by atoms with Crippen LogP contribution in [0, 0.1) is 17.1 Å². The summed E-state index contributed by atoms with van der Waals surface area (Å²) < 4.78 is 19.2. The quantitative estimate of drug-likeness (QED) is 0.946. The van der Waals surface area contributed by atoms with Crippen LogP contribution in [0.15, 0.2) is 42.5 Å². The number of benzene rings is 2. The molecule has 0 spiro atoms. The lowest BCUT2D eigenvalue weighted by Gasteiger charge is -2.28. The Kier molecular flexibility index (Phi) is 4.18. The Bertz CT molecular complexity index is 757. The first-order valence-corrected chi connectivity index (χ1v) is 7.41. The van der Waals surface area contributed by atoms with E-state index >= 15 is 0 Å². The molecule has 0 aromatic heterocycles. The van der Waals surface area contributed by atoms with E-state index in [1.807, 2.05) is 35.2 Å². The first-order chi connectivity index (χ1) is 11.1. The van der Waals surface area contributed by atoms with Gasteiger partial charge in [-0.15, -0.1) is 0 Å². The number of ether oxygens (including phenoxy) is 1. The average Bonchev–Trinajstić information content (AvgIpc) is 2.96. The van der Waals surface area contributed by atoms with E-state index in [2.05, 4.69) is 0 Å². The molecule has 1 aliphatic heterocycles. The minimum atomic E-state index is -0.546. The van der Waals surface area contributed by atoms with Gasteiger partial charge in [0.15, 0.2) is 0 Å². The molecule has 5 heteroatoms. The van der Waals surface area contributed by atoms with Gasteiger partial charge in [-0.25, -0.2) is 4.39 Å². The number of aliphatic hydroxyl groups excluding tert-OH is 1. The molecule has 3 rings (SSSR count). The second-order valence-corrected chi connectivity index (χ2v) is 5.58. The van der Waals surface area contributed by atoms with Gasteiger partial charge in [-0.2, -0.15) is 5.26 Å². The maximum absolute atomic E-state index is 13.9. The van der Waals surface area contributed by atoms with Crippen molar-refractivity contribution in [3.63, 3.8) is 0 Å². The molecule has 23 heavy (non-hydrogen) atoms. The normalized spacial score (nSPS) is 20.3. The fraction of sp³-hybridized carbons (Fsp3) is 0.278. The molecule has 0 radical (unpaired) electrons. The highest BCUT2D eigenvalue weighted by molar-refractivity contribution is 5.62. The topological polar surface area (TPSA) is 56.5 Å². The number of nitrogens with zero attached hydrogens (tertiary/aromatic N) is 2. The summed E-state index contributed by atoms with van der Waals surface area (Å²) >= 11 is 0. The van der Waals surface area contributed by atoms with E-state index in [-0.39, 0.29) is 11.6 Å².